The first-order valence-corrected chi connectivity index (χ1v) is 10.2. The second-order valence-corrected chi connectivity index (χ2v) is 10.7. The highest BCUT2D eigenvalue weighted by Crippen LogP contribution is 2.73. The van der Waals surface area contributed by atoms with Crippen molar-refractivity contribution in [3.8, 4) is 0 Å². The highest BCUT2D eigenvalue weighted by molar-refractivity contribution is 9.09. The van der Waals surface area contributed by atoms with Crippen molar-refractivity contribution in [1.82, 2.24) is 0 Å². The summed E-state index contributed by atoms with van der Waals surface area (Å²) in [5, 5.41) is 9.59. The summed E-state index contributed by atoms with van der Waals surface area (Å²) in [6.07, 6.45) is 12.2. The molecule has 0 spiro atoms. The molecule has 1 nitrogen and oxygen atoms in total. The molecule has 3 saturated carbocycles. The van der Waals surface area contributed by atoms with Gasteiger partial charge in [-0.25, -0.2) is 0 Å². The van der Waals surface area contributed by atoms with Gasteiger partial charge in [0.1, 0.15) is 0 Å². The molecule has 124 valence electrons. The lowest BCUT2D eigenvalue weighted by atomic mass is 9.49. The lowest BCUT2D eigenvalue weighted by Gasteiger charge is -2.56. The van der Waals surface area contributed by atoms with Gasteiger partial charge < -0.3 is 5.11 Å². The van der Waals surface area contributed by atoms with Crippen LogP contribution in [0, 0.1) is 34.0 Å². The number of halogens is 1. The molecule has 0 radical (unpaired) electrons. The predicted molar refractivity (Wildman–Crippen MR) is 95.0 cm³/mol. The number of allylic oxidation sites excluding steroid dienone is 2. The van der Waals surface area contributed by atoms with Gasteiger partial charge in [0.25, 0.3) is 0 Å². The van der Waals surface area contributed by atoms with Crippen molar-refractivity contribution in [3.63, 3.8) is 0 Å². The number of alkyl halides is 1. The van der Waals surface area contributed by atoms with Crippen LogP contribution in [0.15, 0.2) is 11.6 Å². The zero-order chi connectivity index (χ0) is 15.8. The standard InChI is InChI=1S/C20H31BrO/c1-18(17(21)12-22)8-7-15-13(10-18)4-5-16-19(15,2)9-6-14-11-20(14,16)3/h7,13-14,16-17,22H,4-6,8-12H2,1-3H3/t13-,14-,16+,17?,18+,19+,20+/m1/s1. The van der Waals surface area contributed by atoms with Crippen molar-refractivity contribution in [1.29, 1.82) is 0 Å². The van der Waals surface area contributed by atoms with Crippen molar-refractivity contribution < 1.29 is 5.11 Å². The lowest BCUT2D eigenvalue weighted by Crippen LogP contribution is -2.47. The van der Waals surface area contributed by atoms with Gasteiger partial charge in [0.2, 0.25) is 0 Å². The molecule has 22 heavy (non-hydrogen) atoms. The monoisotopic (exact) mass is 366 g/mol. The van der Waals surface area contributed by atoms with Gasteiger partial charge in [0.15, 0.2) is 0 Å². The van der Waals surface area contributed by atoms with Crippen LogP contribution in [0.3, 0.4) is 0 Å². The van der Waals surface area contributed by atoms with E-state index in [-0.39, 0.29) is 16.8 Å². The summed E-state index contributed by atoms with van der Waals surface area (Å²) >= 11 is 3.74. The zero-order valence-corrected chi connectivity index (χ0v) is 16.0. The van der Waals surface area contributed by atoms with Crippen LogP contribution in [-0.2, 0) is 0 Å². The molecule has 0 aliphatic heterocycles. The Morgan fingerprint density at radius 2 is 2.00 bits per heavy atom. The summed E-state index contributed by atoms with van der Waals surface area (Å²) in [6.45, 7) is 7.79. The van der Waals surface area contributed by atoms with E-state index >= 15 is 0 Å². The van der Waals surface area contributed by atoms with Crippen LogP contribution in [0.4, 0.5) is 0 Å². The van der Waals surface area contributed by atoms with Crippen LogP contribution in [0.25, 0.3) is 0 Å². The second kappa shape index (κ2) is 4.85. The highest BCUT2D eigenvalue weighted by Gasteiger charge is 2.65. The Balaban J connectivity index is 1.65. The van der Waals surface area contributed by atoms with Gasteiger partial charge >= 0.3 is 0 Å². The minimum Gasteiger partial charge on any atom is -0.395 e. The molecule has 0 amide bonds. The lowest BCUT2D eigenvalue weighted by molar-refractivity contribution is 0.0240. The molecule has 1 N–H and O–H groups in total. The molecule has 3 fully saturated rings. The van der Waals surface area contributed by atoms with Crippen molar-refractivity contribution in [2.75, 3.05) is 6.61 Å². The maximum Gasteiger partial charge on any atom is 0.0561 e. The summed E-state index contributed by atoms with van der Waals surface area (Å²) in [6, 6.07) is 0. The van der Waals surface area contributed by atoms with Gasteiger partial charge in [-0.15, -0.1) is 0 Å². The number of hydrogen-bond donors (Lipinski definition) is 1. The normalized spacial score (nSPS) is 54.6. The third-order valence-electron chi connectivity index (χ3n) is 8.36. The van der Waals surface area contributed by atoms with Crippen LogP contribution in [0.5, 0.6) is 0 Å². The molecular weight excluding hydrogens is 336 g/mol. The molecule has 0 heterocycles. The molecule has 0 bridgehead atoms. The Hall–Kier alpha value is 0.180. The van der Waals surface area contributed by atoms with Gasteiger partial charge in [0, 0.05) is 4.83 Å². The van der Waals surface area contributed by atoms with E-state index < -0.39 is 0 Å². The van der Waals surface area contributed by atoms with E-state index in [0.29, 0.717) is 10.8 Å². The van der Waals surface area contributed by atoms with E-state index in [1.807, 2.05) is 5.57 Å². The maximum absolute atomic E-state index is 9.59. The van der Waals surface area contributed by atoms with Gasteiger partial charge in [-0.3, -0.25) is 0 Å². The quantitative estimate of drug-likeness (QED) is 0.517. The van der Waals surface area contributed by atoms with Crippen LogP contribution in [-0.4, -0.2) is 16.5 Å². The summed E-state index contributed by atoms with van der Waals surface area (Å²) < 4.78 is 0. The molecule has 0 aromatic rings. The topological polar surface area (TPSA) is 20.2 Å². The zero-order valence-electron chi connectivity index (χ0n) is 14.4. The Morgan fingerprint density at radius 1 is 1.23 bits per heavy atom. The van der Waals surface area contributed by atoms with Crippen LogP contribution >= 0.6 is 15.9 Å². The SMILES string of the molecule is C[C@]1(C(Br)CO)CC=C2[C@H](CC[C@@H]3[C@@]4(C)C[C@H]4CC[C@@]23C)C1. The fraction of sp³-hybridized carbons (Fsp3) is 0.900. The highest BCUT2D eigenvalue weighted by atomic mass is 79.9. The van der Waals surface area contributed by atoms with E-state index in [0.717, 1.165) is 24.2 Å². The smallest absolute Gasteiger partial charge is 0.0561 e. The fourth-order valence-electron chi connectivity index (χ4n) is 6.77. The largest absolute Gasteiger partial charge is 0.395 e. The summed E-state index contributed by atoms with van der Waals surface area (Å²) in [5.41, 5.74) is 3.19. The van der Waals surface area contributed by atoms with E-state index in [1.165, 1.54) is 38.5 Å². The van der Waals surface area contributed by atoms with E-state index in [9.17, 15) is 5.11 Å². The first-order valence-electron chi connectivity index (χ1n) is 9.29. The minimum atomic E-state index is 0.229. The molecule has 0 saturated heterocycles. The van der Waals surface area contributed by atoms with Crippen LogP contribution in [0.2, 0.25) is 0 Å². The average Bonchev–Trinajstić information content (AvgIpc) is 3.17. The number of aliphatic hydroxyl groups is 1. The van der Waals surface area contributed by atoms with Gasteiger partial charge in [-0.05, 0) is 78.9 Å². The number of fused-ring (bicyclic) bond motifs is 5. The third kappa shape index (κ3) is 1.98. The Labute approximate surface area is 144 Å². The Kier molecular flexibility index (Phi) is 3.46. The van der Waals surface area contributed by atoms with E-state index in [4.69, 9.17) is 0 Å². The maximum atomic E-state index is 9.59. The summed E-state index contributed by atoms with van der Waals surface area (Å²) in [5.74, 6) is 2.74. The molecule has 0 aromatic carbocycles. The Bertz CT molecular complexity index is 514. The number of aliphatic hydroxyl groups excluding tert-OH is 1. The van der Waals surface area contributed by atoms with Crippen LogP contribution in [0.1, 0.15) is 65.7 Å². The van der Waals surface area contributed by atoms with Gasteiger partial charge in [0.05, 0.1) is 6.61 Å². The average molecular weight is 367 g/mol. The number of rotatable bonds is 2. The van der Waals surface area contributed by atoms with Crippen molar-refractivity contribution >= 4 is 15.9 Å². The first-order chi connectivity index (χ1) is 10.3. The first kappa shape index (κ1) is 15.7. The Morgan fingerprint density at radius 3 is 2.73 bits per heavy atom. The molecule has 7 atom stereocenters. The van der Waals surface area contributed by atoms with Crippen molar-refractivity contribution in [2.24, 2.45) is 34.0 Å². The van der Waals surface area contributed by atoms with E-state index in [1.54, 1.807) is 0 Å². The van der Waals surface area contributed by atoms with Crippen molar-refractivity contribution in [2.45, 2.75) is 70.5 Å². The third-order valence-corrected chi connectivity index (χ3v) is 9.75. The molecule has 4 aliphatic carbocycles. The van der Waals surface area contributed by atoms with Crippen LogP contribution < -0.4 is 0 Å². The fourth-order valence-corrected chi connectivity index (χ4v) is 7.14. The second-order valence-electron chi connectivity index (χ2n) is 9.56. The summed E-state index contributed by atoms with van der Waals surface area (Å²) in [7, 11) is 0. The molecule has 2 heteroatoms. The molecular formula is C20H31BrO. The van der Waals surface area contributed by atoms with Gasteiger partial charge in [-0.2, -0.15) is 0 Å². The summed E-state index contributed by atoms with van der Waals surface area (Å²) in [4.78, 5) is 0.236. The predicted octanol–water partition coefficient (Wildman–Crippen LogP) is 5.32. The molecule has 0 aromatic heterocycles. The molecule has 1 unspecified atom stereocenters. The molecule has 4 aliphatic rings. The minimum absolute atomic E-state index is 0.229. The van der Waals surface area contributed by atoms with Crippen molar-refractivity contribution in [3.05, 3.63) is 11.6 Å². The van der Waals surface area contributed by atoms with Gasteiger partial charge in [-0.1, -0.05) is 48.4 Å². The van der Waals surface area contributed by atoms with E-state index in [2.05, 4.69) is 42.8 Å². The molecule has 4 rings (SSSR count). The number of hydrogen-bond acceptors (Lipinski definition) is 1.